The molecule has 0 radical (unpaired) electrons. The second-order valence-electron chi connectivity index (χ2n) is 4.68. The van der Waals surface area contributed by atoms with Crippen molar-refractivity contribution in [3.8, 4) is 0 Å². The number of rotatable bonds is 6. The van der Waals surface area contributed by atoms with Gasteiger partial charge < -0.3 is 10.6 Å². The fourth-order valence-electron chi connectivity index (χ4n) is 2.06. The summed E-state index contributed by atoms with van der Waals surface area (Å²) in [4.78, 5) is 2.19. The van der Waals surface area contributed by atoms with Gasteiger partial charge in [-0.1, -0.05) is 13.0 Å². The summed E-state index contributed by atoms with van der Waals surface area (Å²) < 4.78 is 13.7. The Kier molecular flexibility index (Phi) is 5.35. The molecule has 1 atom stereocenters. The summed E-state index contributed by atoms with van der Waals surface area (Å²) in [5.41, 5.74) is 8.47. The molecule has 0 saturated carbocycles. The Hall–Kier alpha value is -1.35. The fourth-order valence-corrected chi connectivity index (χ4v) is 2.06. The minimum atomic E-state index is -0.193. The molecular weight excluding hydrogens is 227 g/mol. The van der Waals surface area contributed by atoms with E-state index in [0.29, 0.717) is 5.56 Å². The van der Waals surface area contributed by atoms with Gasteiger partial charge >= 0.3 is 0 Å². The lowest BCUT2D eigenvalue weighted by Gasteiger charge is -2.27. The summed E-state index contributed by atoms with van der Waals surface area (Å²) in [6.07, 6.45) is 2.89. The third-order valence-electron chi connectivity index (χ3n) is 2.98. The maximum Gasteiger partial charge on any atom is 0.126 e. The van der Waals surface area contributed by atoms with E-state index >= 15 is 0 Å². The lowest BCUT2D eigenvalue weighted by molar-refractivity contribution is 0.612. The number of halogens is 1. The molecule has 18 heavy (non-hydrogen) atoms. The van der Waals surface area contributed by atoms with E-state index in [4.69, 9.17) is 5.73 Å². The number of benzene rings is 1. The molecule has 3 heteroatoms. The van der Waals surface area contributed by atoms with E-state index in [2.05, 4.69) is 18.4 Å². The molecule has 0 aromatic heterocycles. The van der Waals surface area contributed by atoms with Gasteiger partial charge in [0.15, 0.2) is 0 Å². The highest BCUT2D eigenvalue weighted by Gasteiger charge is 2.15. The molecular formula is C15H23FN2. The van der Waals surface area contributed by atoms with Crippen molar-refractivity contribution in [1.82, 2.24) is 0 Å². The summed E-state index contributed by atoms with van der Waals surface area (Å²) in [6.45, 7) is 11.2. The lowest BCUT2D eigenvalue weighted by atomic mass is 10.0. The zero-order valence-electron chi connectivity index (χ0n) is 11.5. The number of anilines is 1. The Bertz CT molecular complexity index is 413. The molecule has 0 amide bonds. The minimum Gasteiger partial charge on any atom is -0.368 e. The quantitative estimate of drug-likeness (QED) is 0.782. The number of nitrogens with zero attached hydrogens (tertiary/aromatic N) is 1. The Morgan fingerprint density at radius 1 is 1.50 bits per heavy atom. The van der Waals surface area contributed by atoms with E-state index in [1.807, 2.05) is 19.1 Å². The van der Waals surface area contributed by atoms with Gasteiger partial charge in [-0.3, -0.25) is 0 Å². The van der Waals surface area contributed by atoms with E-state index in [-0.39, 0.29) is 11.9 Å². The van der Waals surface area contributed by atoms with E-state index in [9.17, 15) is 4.39 Å². The predicted octanol–water partition coefficient (Wildman–Crippen LogP) is 3.56. The van der Waals surface area contributed by atoms with Crippen LogP contribution in [0.3, 0.4) is 0 Å². The number of aryl methyl sites for hydroxylation is 1. The predicted molar refractivity (Wildman–Crippen MR) is 76.4 cm³/mol. The van der Waals surface area contributed by atoms with Crippen molar-refractivity contribution in [2.75, 3.05) is 18.0 Å². The molecule has 0 heterocycles. The Morgan fingerprint density at radius 2 is 2.17 bits per heavy atom. The number of nitrogens with two attached hydrogens (primary N) is 1. The van der Waals surface area contributed by atoms with Gasteiger partial charge in [0.1, 0.15) is 5.82 Å². The van der Waals surface area contributed by atoms with Crippen LogP contribution < -0.4 is 10.6 Å². The van der Waals surface area contributed by atoms with Gasteiger partial charge in [0, 0.05) is 24.8 Å². The van der Waals surface area contributed by atoms with E-state index in [0.717, 1.165) is 30.8 Å². The van der Waals surface area contributed by atoms with Crippen LogP contribution in [-0.2, 0) is 0 Å². The van der Waals surface area contributed by atoms with Crippen molar-refractivity contribution in [3.63, 3.8) is 0 Å². The van der Waals surface area contributed by atoms with Crippen LogP contribution in [0.15, 0.2) is 24.8 Å². The van der Waals surface area contributed by atoms with Crippen LogP contribution in [0.25, 0.3) is 0 Å². The smallest absolute Gasteiger partial charge is 0.126 e. The molecule has 0 saturated heterocycles. The average molecular weight is 250 g/mol. The van der Waals surface area contributed by atoms with Crippen LogP contribution in [0.2, 0.25) is 0 Å². The summed E-state index contributed by atoms with van der Waals surface area (Å²) in [7, 11) is 0. The van der Waals surface area contributed by atoms with Crippen LogP contribution in [-0.4, -0.2) is 13.1 Å². The van der Waals surface area contributed by atoms with Crippen molar-refractivity contribution in [2.24, 2.45) is 5.73 Å². The molecule has 1 aromatic carbocycles. The van der Waals surface area contributed by atoms with Gasteiger partial charge in [-0.2, -0.15) is 0 Å². The van der Waals surface area contributed by atoms with E-state index < -0.39 is 0 Å². The van der Waals surface area contributed by atoms with Crippen molar-refractivity contribution in [2.45, 2.75) is 33.2 Å². The molecule has 2 nitrogen and oxygen atoms in total. The molecule has 100 valence electrons. The maximum absolute atomic E-state index is 13.7. The highest BCUT2D eigenvalue weighted by molar-refractivity contribution is 5.57. The molecule has 1 rings (SSSR count). The number of hydrogen-bond acceptors (Lipinski definition) is 2. The monoisotopic (exact) mass is 250 g/mol. The van der Waals surface area contributed by atoms with Crippen molar-refractivity contribution >= 4 is 5.69 Å². The molecule has 0 aliphatic heterocycles. The Labute approximate surface area is 109 Å². The van der Waals surface area contributed by atoms with Crippen LogP contribution in [0.1, 0.15) is 37.4 Å². The summed E-state index contributed by atoms with van der Waals surface area (Å²) >= 11 is 0. The third kappa shape index (κ3) is 3.33. The van der Waals surface area contributed by atoms with Gasteiger partial charge in [0.2, 0.25) is 0 Å². The third-order valence-corrected chi connectivity index (χ3v) is 2.98. The van der Waals surface area contributed by atoms with E-state index in [1.54, 1.807) is 13.0 Å². The first-order valence-electron chi connectivity index (χ1n) is 6.42. The molecule has 1 unspecified atom stereocenters. The molecule has 0 bridgehead atoms. The van der Waals surface area contributed by atoms with Crippen molar-refractivity contribution in [3.05, 3.63) is 41.7 Å². The molecule has 2 N–H and O–H groups in total. The van der Waals surface area contributed by atoms with Gasteiger partial charge in [0.25, 0.3) is 0 Å². The minimum absolute atomic E-state index is 0.181. The Morgan fingerprint density at radius 3 is 2.67 bits per heavy atom. The summed E-state index contributed by atoms with van der Waals surface area (Å²) in [5.74, 6) is -0.193. The molecule has 0 spiro atoms. The van der Waals surface area contributed by atoms with Gasteiger partial charge in [-0.25, -0.2) is 4.39 Å². The molecule has 1 aromatic rings. The lowest BCUT2D eigenvalue weighted by Crippen LogP contribution is -2.26. The van der Waals surface area contributed by atoms with Crippen molar-refractivity contribution < 1.29 is 4.39 Å². The second-order valence-corrected chi connectivity index (χ2v) is 4.68. The zero-order chi connectivity index (χ0) is 13.7. The Balaban J connectivity index is 3.25. The van der Waals surface area contributed by atoms with Crippen LogP contribution in [0.4, 0.5) is 10.1 Å². The van der Waals surface area contributed by atoms with Gasteiger partial charge in [0.05, 0.1) is 0 Å². The number of hydrogen-bond donors (Lipinski definition) is 1. The first-order chi connectivity index (χ1) is 8.51. The summed E-state index contributed by atoms with van der Waals surface area (Å²) in [5, 5.41) is 0. The standard InChI is InChI=1S/C15H23FN2/c1-5-7-18(8-6-2)15-9-11(3)14(16)10-13(15)12(4)17/h5,9-10,12H,1,6-8,17H2,2-4H3. The van der Waals surface area contributed by atoms with Gasteiger partial charge in [-0.15, -0.1) is 6.58 Å². The maximum atomic E-state index is 13.7. The second kappa shape index (κ2) is 6.55. The molecule has 0 aliphatic carbocycles. The highest BCUT2D eigenvalue weighted by atomic mass is 19.1. The van der Waals surface area contributed by atoms with Gasteiger partial charge in [-0.05, 0) is 43.5 Å². The van der Waals surface area contributed by atoms with Crippen LogP contribution in [0.5, 0.6) is 0 Å². The first-order valence-corrected chi connectivity index (χ1v) is 6.42. The molecule has 0 aliphatic rings. The first kappa shape index (κ1) is 14.7. The summed E-state index contributed by atoms with van der Waals surface area (Å²) in [6, 6.07) is 3.26. The van der Waals surface area contributed by atoms with Crippen molar-refractivity contribution in [1.29, 1.82) is 0 Å². The fraction of sp³-hybridized carbons (Fsp3) is 0.467. The van der Waals surface area contributed by atoms with E-state index in [1.165, 1.54) is 0 Å². The SMILES string of the molecule is C=CCN(CCC)c1cc(C)c(F)cc1C(C)N. The average Bonchev–Trinajstić information content (AvgIpc) is 2.31. The van der Waals surface area contributed by atoms with Crippen LogP contribution in [0, 0.1) is 12.7 Å². The normalized spacial score (nSPS) is 12.3. The van der Waals surface area contributed by atoms with Crippen LogP contribution >= 0.6 is 0 Å². The largest absolute Gasteiger partial charge is 0.368 e. The molecule has 0 fully saturated rings. The topological polar surface area (TPSA) is 29.3 Å². The highest BCUT2D eigenvalue weighted by Crippen LogP contribution is 2.28. The zero-order valence-corrected chi connectivity index (χ0v) is 11.5.